The van der Waals surface area contributed by atoms with Gasteiger partial charge in [-0.15, -0.1) is 11.3 Å². The van der Waals surface area contributed by atoms with Crippen LogP contribution in [0.3, 0.4) is 0 Å². The molecule has 5 heteroatoms. The van der Waals surface area contributed by atoms with Gasteiger partial charge < -0.3 is 15.2 Å². The Morgan fingerprint density at radius 2 is 2.30 bits per heavy atom. The highest BCUT2D eigenvalue weighted by atomic mass is 32.1. The smallest absolute Gasteiger partial charge is 0.0954 e. The van der Waals surface area contributed by atoms with Crippen molar-refractivity contribution < 1.29 is 9.84 Å². The average molecular weight is 298 g/mol. The minimum Gasteiger partial charge on any atom is -0.393 e. The Morgan fingerprint density at radius 1 is 1.50 bits per heavy atom. The zero-order valence-electron chi connectivity index (χ0n) is 12.7. The maximum atomic E-state index is 9.86. The minimum absolute atomic E-state index is 0.116. The van der Waals surface area contributed by atoms with Crippen molar-refractivity contribution in [3.63, 3.8) is 0 Å². The van der Waals surface area contributed by atoms with E-state index in [0.29, 0.717) is 12.0 Å². The first kappa shape index (κ1) is 15.9. The van der Waals surface area contributed by atoms with Gasteiger partial charge in [-0.3, -0.25) is 0 Å². The second-order valence-electron chi connectivity index (χ2n) is 5.69. The van der Waals surface area contributed by atoms with Crippen LogP contribution in [0.15, 0.2) is 0 Å². The Labute approximate surface area is 125 Å². The molecule has 2 N–H and O–H groups in total. The van der Waals surface area contributed by atoms with Gasteiger partial charge in [0, 0.05) is 31.0 Å². The maximum Gasteiger partial charge on any atom is 0.0954 e. The monoisotopic (exact) mass is 298 g/mol. The number of hydrogen-bond acceptors (Lipinski definition) is 5. The Morgan fingerprint density at radius 3 is 2.95 bits per heavy atom. The number of aromatic nitrogens is 1. The topological polar surface area (TPSA) is 54.4 Å². The number of thiazole rings is 1. The van der Waals surface area contributed by atoms with Gasteiger partial charge >= 0.3 is 0 Å². The van der Waals surface area contributed by atoms with Crippen LogP contribution < -0.4 is 5.32 Å². The molecule has 1 aromatic heterocycles. The number of nitrogens with zero attached hydrogens (tertiary/aromatic N) is 1. The number of aliphatic hydroxyl groups excluding tert-OH is 1. The van der Waals surface area contributed by atoms with Gasteiger partial charge in [0.1, 0.15) is 0 Å². The Balaban J connectivity index is 1.88. The Bertz CT molecular complexity index is 422. The van der Waals surface area contributed by atoms with Crippen LogP contribution in [0.4, 0.5) is 0 Å². The summed E-state index contributed by atoms with van der Waals surface area (Å²) in [5, 5.41) is 14.6. The Hall–Kier alpha value is -0.490. The number of hydrogen-bond donors (Lipinski definition) is 2. The SMILES string of the molecule is COCCc1nc(C)c(C(C)NCC2CCCC2O)s1. The van der Waals surface area contributed by atoms with Crippen LogP contribution in [-0.2, 0) is 11.2 Å². The molecule has 0 radical (unpaired) electrons. The van der Waals surface area contributed by atoms with Crippen LogP contribution in [0.2, 0.25) is 0 Å². The first-order valence-corrected chi connectivity index (χ1v) is 8.30. The molecule has 1 aromatic rings. The molecule has 1 saturated carbocycles. The van der Waals surface area contributed by atoms with E-state index >= 15 is 0 Å². The maximum absolute atomic E-state index is 9.86. The molecule has 1 aliphatic carbocycles. The van der Waals surface area contributed by atoms with E-state index in [-0.39, 0.29) is 6.10 Å². The molecular weight excluding hydrogens is 272 g/mol. The molecule has 1 fully saturated rings. The van der Waals surface area contributed by atoms with E-state index in [1.54, 1.807) is 18.4 Å². The van der Waals surface area contributed by atoms with Crippen molar-refractivity contribution in [1.29, 1.82) is 0 Å². The highest BCUT2D eigenvalue weighted by molar-refractivity contribution is 7.11. The summed E-state index contributed by atoms with van der Waals surface area (Å²) in [4.78, 5) is 5.92. The number of aryl methyl sites for hydroxylation is 1. The normalized spacial score (nSPS) is 24.2. The standard InChI is InChI=1S/C15H26N2O2S/c1-10(16-9-12-5-4-6-13(12)18)15-11(2)17-14(20-15)7-8-19-3/h10,12-13,16,18H,4-9H2,1-3H3. The van der Waals surface area contributed by atoms with Crippen LogP contribution in [0.5, 0.6) is 0 Å². The van der Waals surface area contributed by atoms with Gasteiger partial charge in [0.15, 0.2) is 0 Å². The molecule has 0 bridgehead atoms. The molecule has 0 aromatic carbocycles. The zero-order valence-corrected chi connectivity index (χ0v) is 13.5. The summed E-state index contributed by atoms with van der Waals surface area (Å²) < 4.78 is 5.11. The van der Waals surface area contributed by atoms with E-state index in [1.165, 1.54) is 4.88 Å². The van der Waals surface area contributed by atoms with Crippen LogP contribution in [0.25, 0.3) is 0 Å². The summed E-state index contributed by atoms with van der Waals surface area (Å²) in [6, 6.07) is 0.302. The molecule has 0 saturated heterocycles. The third kappa shape index (κ3) is 4.01. The van der Waals surface area contributed by atoms with Crippen LogP contribution in [-0.4, -0.2) is 36.5 Å². The average Bonchev–Trinajstić information content (AvgIpc) is 3.00. The molecule has 2 rings (SSSR count). The van der Waals surface area contributed by atoms with Gasteiger partial charge in [0.05, 0.1) is 23.4 Å². The lowest BCUT2D eigenvalue weighted by molar-refractivity contribution is 0.130. The van der Waals surface area contributed by atoms with E-state index < -0.39 is 0 Å². The fourth-order valence-corrected chi connectivity index (χ4v) is 3.92. The molecule has 1 heterocycles. The van der Waals surface area contributed by atoms with Crippen molar-refractivity contribution in [2.45, 2.75) is 51.7 Å². The van der Waals surface area contributed by atoms with Crippen molar-refractivity contribution in [1.82, 2.24) is 10.3 Å². The van der Waals surface area contributed by atoms with Gasteiger partial charge in [-0.1, -0.05) is 6.42 Å². The lowest BCUT2D eigenvalue weighted by Crippen LogP contribution is -2.29. The fourth-order valence-electron chi connectivity index (χ4n) is 2.84. The third-order valence-corrected chi connectivity index (χ3v) is 5.50. The van der Waals surface area contributed by atoms with E-state index in [9.17, 15) is 5.11 Å². The van der Waals surface area contributed by atoms with Crippen LogP contribution >= 0.6 is 11.3 Å². The minimum atomic E-state index is -0.116. The van der Waals surface area contributed by atoms with E-state index in [2.05, 4.69) is 24.1 Å². The second kappa shape index (κ2) is 7.50. The van der Waals surface area contributed by atoms with Gasteiger partial charge in [-0.2, -0.15) is 0 Å². The van der Waals surface area contributed by atoms with Gasteiger partial charge in [0.2, 0.25) is 0 Å². The van der Waals surface area contributed by atoms with Gasteiger partial charge in [-0.05, 0) is 32.6 Å². The largest absolute Gasteiger partial charge is 0.393 e. The van der Waals surface area contributed by atoms with Crippen molar-refractivity contribution in [3.8, 4) is 0 Å². The summed E-state index contributed by atoms with van der Waals surface area (Å²) in [6.07, 6.45) is 4.02. The molecule has 3 unspecified atom stereocenters. The summed E-state index contributed by atoms with van der Waals surface area (Å²) in [5.74, 6) is 0.415. The van der Waals surface area contributed by atoms with Crippen LogP contribution in [0.1, 0.15) is 47.8 Å². The lowest BCUT2D eigenvalue weighted by Gasteiger charge is -2.19. The third-order valence-electron chi connectivity index (χ3n) is 4.10. The number of ether oxygens (including phenoxy) is 1. The molecule has 3 atom stereocenters. The van der Waals surface area contributed by atoms with Crippen molar-refractivity contribution in [3.05, 3.63) is 15.6 Å². The summed E-state index contributed by atoms with van der Waals surface area (Å²) >= 11 is 1.77. The first-order chi connectivity index (χ1) is 9.61. The van der Waals surface area contributed by atoms with E-state index in [1.807, 2.05) is 0 Å². The molecule has 0 amide bonds. The van der Waals surface area contributed by atoms with Crippen molar-refractivity contribution in [2.24, 2.45) is 5.92 Å². The van der Waals surface area contributed by atoms with Crippen molar-refractivity contribution >= 4 is 11.3 Å². The predicted molar refractivity (Wildman–Crippen MR) is 82.2 cm³/mol. The molecule has 0 spiro atoms. The van der Waals surface area contributed by atoms with E-state index in [0.717, 1.165) is 49.5 Å². The molecule has 1 aliphatic rings. The first-order valence-electron chi connectivity index (χ1n) is 7.48. The predicted octanol–water partition coefficient (Wildman–Crippen LogP) is 2.45. The highest BCUT2D eigenvalue weighted by Crippen LogP contribution is 2.28. The molecule has 0 aliphatic heterocycles. The fraction of sp³-hybridized carbons (Fsp3) is 0.800. The van der Waals surface area contributed by atoms with Crippen molar-refractivity contribution in [2.75, 3.05) is 20.3 Å². The van der Waals surface area contributed by atoms with Crippen LogP contribution in [0, 0.1) is 12.8 Å². The van der Waals surface area contributed by atoms with Gasteiger partial charge in [-0.25, -0.2) is 4.98 Å². The zero-order chi connectivity index (χ0) is 14.5. The summed E-state index contributed by atoms with van der Waals surface area (Å²) in [7, 11) is 1.72. The number of nitrogens with one attached hydrogen (secondary N) is 1. The summed E-state index contributed by atoms with van der Waals surface area (Å²) in [6.45, 7) is 5.88. The Kier molecular flexibility index (Phi) is 5.96. The number of rotatable bonds is 7. The molecular formula is C15H26N2O2S. The van der Waals surface area contributed by atoms with E-state index in [4.69, 9.17) is 4.74 Å². The molecule has 114 valence electrons. The quantitative estimate of drug-likeness (QED) is 0.812. The highest BCUT2D eigenvalue weighted by Gasteiger charge is 2.25. The molecule has 4 nitrogen and oxygen atoms in total. The van der Waals surface area contributed by atoms with Gasteiger partial charge in [0.25, 0.3) is 0 Å². The number of methoxy groups -OCH3 is 1. The number of aliphatic hydroxyl groups is 1. The molecule has 20 heavy (non-hydrogen) atoms. The summed E-state index contributed by atoms with van der Waals surface area (Å²) in [5.41, 5.74) is 1.12. The second-order valence-corrected chi connectivity index (χ2v) is 6.80. The lowest BCUT2D eigenvalue weighted by atomic mass is 10.1.